The molecule has 2 aromatic carbocycles. The van der Waals surface area contributed by atoms with E-state index in [9.17, 15) is 14.4 Å². The molecule has 0 saturated heterocycles. The lowest BCUT2D eigenvalue weighted by Crippen LogP contribution is -2.55. The summed E-state index contributed by atoms with van der Waals surface area (Å²) in [6.07, 6.45) is 1.60. The molecule has 0 bridgehead atoms. The average Bonchev–Trinajstić information content (AvgIpc) is 3.21. The lowest BCUT2D eigenvalue weighted by atomic mass is 9.74. The number of allylic oxidation sites excluding steroid dienone is 1. The molecule has 2 N–H and O–H groups in total. The number of methoxy groups -OCH3 is 3. The Morgan fingerprint density at radius 3 is 2.46 bits per heavy atom. The monoisotopic (exact) mass is 528 g/mol. The first kappa shape index (κ1) is 26.3. The molecule has 0 saturated carbocycles. The molecule has 0 fully saturated rings. The molecule has 2 atom stereocenters. The quantitative estimate of drug-likeness (QED) is 0.509. The van der Waals surface area contributed by atoms with Crippen molar-refractivity contribution >= 4 is 29.1 Å². The molecule has 4 rings (SSSR count). The van der Waals surface area contributed by atoms with E-state index < -0.39 is 11.5 Å². The highest BCUT2D eigenvalue weighted by atomic mass is 35.5. The minimum Gasteiger partial charge on any atom is -0.497 e. The van der Waals surface area contributed by atoms with Crippen molar-refractivity contribution in [3.63, 3.8) is 0 Å². The Morgan fingerprint density at radius 1 is 1.11 bits per heavy atom. The molecular formula is C27H29ClN2O7. The van der Waals surface area contributed by atoms with Crippen LogP contribution in [0.4, 0.5) is 0 Å². The van der Waals surface area contributed by atoms with E-state index >= 15 is 0 Å². The van der Waals surface area contributed by atoms with Gasteiger partial charge in [0.15, 0.2) is 11.5 Å². The second-order valence-electron chi connectivity index (χ2n) is 8.90. The Labute approximate surface area is 220 Å². The van der Waals surface area contributed by atoms with Crippen LogP contribution in [-0.4, -0.2) is 50.9 Å². The standard InChI is InChI=1S/C27H29ClN2O7/c1-15-11-17(31)12-21(29-10-9-22(32)30-14-16-5-7-18(34-2)8-6-16)27(15)26(33)23-19(35-3)13-20(36-4)24(28)25(23)37-27/h5-8,12-13,15,29H,9-11,14H2,1-4H3,(H,30,32)/t15-,27+/m1/s1. The zero-order valence-electron chi connectivity index (χ0n) is 21.1. The Morgan fingerprint density at radius 2 is 1.81 bits per heavy atom. The molecule has 2 aliphatic rings. The summed E-state index contributed by atoms with van der Waals surface area (Å²) in [6.45, 7) is 2.32. The van der Waals surface area contributed by atoms with Gasteiger partial charge in [-0.15, -0.1) is 0 Å². The third-order valence-electron chi connectivity index (χ3n) is 6.64. The van der Waals surface area contributed by atoms with Gasteiger partial charge in [-0.1, -0.05) is 30.7 Å². The lowest BCUT2D eigenvalue weighted by Gasteiger charge is -2.38. The maximum absolute atomic E-state index is 13.8. The second kappa shape index (κ2) is 10.7. The summed E-state index contributed by atoms with van der Waals surface area (Å²) in [7, 11) is 4.48. The maximum Gasteiger partial charge on any atom is 0.222 e. The zero-order chi connectivity index (χ0) is 26.7. The average molecular weight is 529 g/mol. The SMILES string of the molecule is COc1ccc(CNC(=O)CCNC2=CC(=O)C[C@@H](C)[C@]23Oc2c(Cl)c(OC)cc(OC)c2C3=O)cc1. The fourth-order valence-electron chi connectivity index (χ4n) is 4.67. The number of fused-ring (bicyclic) bond motifs is 1. The number of hydrogen-bond acceptors (Lipinski definition) is 8. The molecule has 0 aromatic heterocycles. The van der Waals surface area contributed by atoms with E-state index in [1.807, 2.05) is 24.3 Å². The van der Waals surface area contributed by atoms with Gasteiger partial charge in [0, 0.05) is 44.0 Å². The van der Waals surface area contributed by atoms with Crippen LogP contribution in [0.5, 0.6) is 23.0 Å². The van der Waals surface area contributed by atoms with E-state index in [1.165, 1.54) is 26.4 Å². The normalized spacial score (nSPS) is 20.1. The summed E-state index contributed by atoms with van der Waals surface area (Å²) in [6, 6.07) is 8.92. The zero-order valence-corrected chi connectivity index (χ0v) is 21.9. The summed E-state index contributed by atoms with van der Waals surface area (Å²) in [5.41, 5.74) is -0.0876. The summed E-state index contributed by atoms with van der Waals surface area (Å²) in [5.74, 6) is 0.245. The summed E-state index contributed by atoms with van der Waals surface area (Å²) >= 11 is 6.50. The number of ketones is 2. The molecule has 1 amide bonds. The van der Waals surface area contributed by atoms with E-state index in [2.05, 4.69) is 10.6 Å². The number of rotatable bonds is 9. The van der Waals surface area contributed by atoms with Crippen LogP contribution in [0.2, 0.25) is 5.02 Å². The van der Waals surface area contributed by atoms with Crippen molar-refractivity contribution in [1.82, 2.24) is 10.6 Å². The largest absolute Gasteiger partial charge is 0.497 e. The van der Waals surface area contributed by atoms with Gasteiger partial charge in [-0.3, -0.25) is 14.4 Å². The highest BCUT2D eigenvalue weighted by molar-refractivity contribution is 6.35. The third kappa shape index (κ3) is 4.83. The number of Topliss-reactive ketones (excluding diaryl/α,β-unsaturated/α-hetero) is 1. The van der Waals surface area contributed by atoms with Crippen molar-refractivity contribution < 1.29 is 33.3 Å². The summed E-state index contributed by atoms with van der Waals surface area (Å²) in [5, 5.41) is 6.11. The summed E-state index contributed by atoms with van der Waals surface area (Å²) in [4.78, 5) is 38.8. The van der Waals surface area contributed by atoms with Gasteiger partial charge >= 0.3 is 0 Å². The fraction of sp³-hybridized carbons (Fsp3) is 0.370. The number of amides is 1. The highest BCUT2D eigenvalue weighted by Gasteiger charge is 2.58. The van der Waals surface area contributed by atoms with Crippen molar-refractivity contribution in [3.05, 3.63) is 58.3 Å². The Balaban J connectivity index is 1.49. The van der Waals surface area contributed by atoms with Gasteiger partial charge in [-0.05, 0) is 17.7 Å². The lowest BCUT2D eigenvalue weighted by molar-refractivity contribution is -0.121. The number of carbonyl (C=O) groups excluding carboxylic acids is 3. The number of carbonyl (C=O) groups is 3. The number of nitrogens with one attached hydrogen (secondary N) is 2. The number of benzene rings is 2. The molecule has 0 unspecified atom stereocenters. The van der Waals surface area contributed by atoms with E-state index in [0.29, 0.717) is 12.3 Å². The molecule has 1 aliphatic heterocycles. The predicted octanol–water partition coefficient (Wildman–Crippen LogP) is 3.47. The van der Waals surface area contributed by atoms with E-state index in [0.717, 1.165) is 11.3 Å². The molecule has 2 aromatic rings. The van der Waals surface area contributed by atoms with Crippen LogP contribution < -0.4 is 29.6 Å². The number of hydrogen-bond donors (Lipinski definition) is 2. The van der Waals surface area contributed by atoms with Crippen LogP contribution in [0.1, 0.15) is 35.7 Å². The first-order chi connectivity index (χ1) is 17.7. The van der Waals surface area contributed by atoms with Crippen LogP contribution in [0.15, 0.2) is 42.1 Å². The molecule has 37 heavy (non-hydrogen) atoms. The van der Waals surface area contributed by atoms with Crippen LogP contribution in [0.3, 0.4) is 0 Å². The second-order valence-corrected chi connectivity index (χ2v) is 9.28. The molecule has 9 nitrogen and oxygen atoms in total. The van der Waals surface area contributed by atoms with Crippen molar-refractivity contribution in [1.29, 1.82) is 0 Å². The van der Waals surface area contributed by atoms with Crippen LogP contribution in [0.25, 0.3) is 0 Å². The van der Waals surface area contributed by atoms with Crippen LogP contribution in [0, 0.1) is 5.92 Å². The highest BCUT2D eigenvalue weighted by Crippen LogP contribution is 2.53. The molecule has 10 heteroatoms. The molecule has 1 aliphatic carbocycles. The van der Waals surface area contributed by atoms with Gasteiger partial charge < -0.3 is 29.6 Å². The van der Waals surface area contributed by atoms with E-state index in [-0.39, 0.29) is 64.6 Å². The predicted molar refractivity (Wildman–Crippen MR) is 137 cm³/mol. The molecule has 1 spiro atoms. The van der Waals surface area contributed by atoms with Gasteiger partial charge in [0.05, 0.1) is 27.0 Å². The van der Waals surface area contributed by atoms with Crippen LogP contribution in [-0.2, 0) is 16.1 Å². The molecule has 0 radical (unpaired) electrons. The van der Waals surface area contributed by atoms with Crippen molar-refractivity contribution in [2.24, 2.45) is 5.92 Å². The minimum atomic E-state index is -1.50. The first-order valence-corrected chi connectivity index (χ1v) is 12.2. The molecule has 196 valence electrons. The topological polar surface area (TPSA) is 112 Å². The Bertz CT molecular complexity index is 1260. The van der Waals surface area contributed by atoms with Crippen molar-refractivity contribution in [2.45, 2.75) is 31.9 Å². The number of ether oxygens (including phenoxy) is 4. The smallest absolute Gasteiger partial charge is 0.222 e. The number of halogens is 1. The molecular weight excluding hydrogens is 500 g/mol. The third-order valence-corrected chi connectivity index (χ3v) is 7.00. The maximum atomic E-state index is 13.8. The van der Waals surface area contributed by atoms with E-state index in [1.54, 1.807) is 14.0 Å². The van der Waals surface area contributed by atoms with Gasteiger partial charge in [0.25, 0.3) is 0 Å². The fourth-order valence-corrected chi connectivity index (χ4v) is 4.93. The van der Waals surface area contributed by atoms with Gasteiger partial charge in [-0.25, -0.2) is 0 Å². The van der Waals surface area contributed by atoms with Gasteiger partial charge in [-0.2, -0.15) is 0 Å². The van der Waals surface area contributed by atoms with Gasteiger partial charge in [0.1, 0.15) is 27.8 Å². The summed E-state index contributed by atoms with van der Waals surface area (Å²) < 4.78 is 22.2. The van der Waals surface area contributed by atoms with Crippen molar-refractivity contribution in [3.8, 4) is 23.0 Å². The minimum absolute atomic E-state index is 0.115. The van der Waals surface area contributed by atoms with E-state index in [4.69, 9.17) is 30.5 Å². The van der Waals surface area contributed by atoms with Gasteiger partial charge in [0.2, 0.25) is 17.3 Å². The Hall–Kier alpha value is -3.72. The van der Waals surface area contributed by atoms with Crippen molar-refractivity contribution in [2.75, 3.05) is 27.9 Å². The molecule has 1 heterocycles. The van der Waals surface area contributed by atoms with Crippen LogP contribution >= 0.6 is 11.6 Å². The Kier molecular flexibility index (Phi) is 7.63. The first-order valence-electron chi connectivity index (χ1n) is 11.8.